The summed E-state index contributed by atoms with van der Waals surface area (Å²) in [5.41, 5.74) is 4.14. The number of fused-ring (bicyclic) bond motifs is 1. The number of aryl methyl sites for hydroxylation is 1. The molecule has 3 aromatic rings. The Morgan fingerprint density at radius 1 is 1.00 bits per heavy atom. The Bertz CT molecular complexity index is 877. The van der Waals surface area contributed by atoms with Crippen LogP contribution < -0.4 is 0 Å². The van der Waals surface area contributed by atoms with Gasteiger partial charge in [0.25, 0.3) is 0 Å². The molecule has 0 aliphatic rings. The molecule has 2 aromatic heterocycles. The fourth-order valence-electron chi connectivity index (χ4n) is 2.98. The van der Waals surface area contributed by atoms with Crippen LogP contribution in [0.2, 0.25) is 0 Å². The summed E-state index contributed by atoms with van der Waals surface area (Å²) in [6.45, 7) is 5.70. The third kappa shape index (κ3) is 5.07. The van der Waals surface area contributed by atoms with Gasteiger partial charge < -0.3 is 9.47 Å². The van der Waals surface area contributed by atoms with Crippen LogP contribution in [-0.4, -0.2) is 60.4 Å². The summed E-state index contributed by atoms with van der Waals surface area (Å²) in [5, 5.41) is 1.02. The molecular weight excluding hydrogens is 340 g/mol. The first-order valence-electron chi connectivity index (χ1n) is 9.09. The first-order valence-corrected chi connectivity index (χ1v) is 9.09. The quantitative estimate of drug-likeness (QED) is 0.580. The van der Waals surface area contributed by atoms with Crippen LogP contribution in [0.3, 0.4) is 0 Å². The molecule has 0 atom stereocenters. The Morgan fingerprint density at radius 2 is 1.78 bits per heavy atom. The van der Waals surface area contributed by atoms with E-state index in [1.807, 2.05) is 18.5 Å². The third-order valence-corrected chi connectivity index (χ3v) is 4.50. The summed E-state index contributed by atoms with van der Waals surface area (Å²) < 4.78 is 10.4. The van der Waals surface area contributed by atoms with Gasteiger partial charge in [-0.15, -0.1) is 0 Å². The molecule has 0 unspecified atom stereocenters. The third-order valence-electron chi connectivity index (χ3n) is 4.50. The minimum Gasteiger partial charge on any atom is -0.383 e. The molecule has 0 amide bonds. The highest BCUT2D eigenvalue weighted by atomic mass is 16.5. The van der Waals surface area contributed by atoms with Gasteiger partial charge in [0.2, 0.25) is 0 Å². The predicted octanol–water partition coefficient (Wildman–Crippen LogP) is 3.10. The lowest BCUT2D eigenvalue weighted by Gasteiger charge is -2.20. The molecule has 0 radical (unpaired) electrons. The Balaban J connectivity index is 1.85. The molecule has 27 heavy (non-hydrogen) atoms. The van der Waals surface area contributed by atoms with Crippen LogP contribution >= 0.6 is 0 Å². The van der Waals surface area contributed by atoms with E-state index in [0.717, 1.165) is 46.6 Å². The number of hydrogen-bond donors (Lipinski definition) is 0. The average molecular weight is 366 g/mol. The van der Waals surface area contributed by atoms with Crippen molar-refractivity contribution in [1.82, 2.24) is 19.9 Å². The van der Waals surface area contributed by atoms with Crippen LogP contribution in [0.4, 0.5) is 0 Å². The van der Waals surface area contributed by atoms with Gasteiger partial charge in [-0.25, -0.2) is 9.97 Å². The topological polar surface area (TPSA) is 60.4 Å². The maximum absolute atomic E-state index is 5.21. The SMILES string of the molecule is COCCN(CCOC)Cc1ncc2ccc(-c3ncccc3C)cc2n1. The molecule has 0 aliphatic carbocycles. The van der Waals surface area contributed by atoms with Crippen LogP contribution in [0.25, 0.3) is 22.2 Å². The van der Waals surface area contributed by atoms with Crippen molar-refractivity contribution in [2.24, 2.45) is 0 Å². The van der Waals surface area contributed by atoms with E-state index in [0.29, 0.717) is 19.8 Å². The van der Waals surface area contributed by atoms with E-state index in [4.69, 9.17) is 14.5 Å². The van der Waals surface area contributed by atoms with Crippen molar-refractivity contribution in [3.8, 4) is 11.3 Å². The lowest BCUT2D eigenvalue weighted by atomic mass is 10.1. The van der Waals surface area contributed by atoms with E-state index in [1.165, 1.54) is 0 Å². The molecule has 1 aromatic carbocycles. The smallest absolute Gasteiger partial charge is 0.142 e. The molecule has 0 aliphatic heterocycles. The van der Waals surface area contributed by atoms with E-state index in [-0.39, 0.29) is 0 Å². The van der Waals surface area contributed by atoms with Crippen molar-refractivity contribution in [3.63, 3.8) is 0 Å². The van der Waals surface area contributed by atoms with Gasteiger partial charge in [-0.05, 0) is 24.6 Å². The number of pyridine rings is 1. The van der Waals surface area contributed by atoms with Gasteiger partial charge >= 0.3 is 0 Å². The summed E-state index contributed by atoms with van der Waals surface area (Å²) in [6.07, 6.45) is 3.71. The number of benzene rings is 1. The maximum atomic E-state index is 5.21. The highest BCUT2D eigenvalue weighted by Crippen LogP contribution is 2.24. The molecule has 6 nitrogen and oxygen atoms in total. The Kier molecular flexibility index (Phi) is 6.81. The standard InChI is InChI=1S/C21H26N4O2/c1-16-5-4-8-22-21(16)17-6-7-18-14-23-20(24-19(18)13-17)15-25(9-11-26-2)10-12-27-3/h4-8,13-14H,9-12,15H2,1-3H3. The Hall–Kier alpha value is -2.41. The van der Waals surface area contributed by atoms with E-state index >= 15 is 0 Å². The molecule has 3 rings (SSSR count). The second-order valence-corrected chi connectivity index (χ2v) is 6.49. The molecule has 6 heteroatoms. The zero-order chi connectivity index (χ0) is 19.1. The Labute approximate surface area is 160 Å². The van der Waals surface area contributed by atoms with Gasteiger partial charge in [0.1, 0.15) is 5.82 Å². The fourth-order valence-corrected chi connectivity index (χ4v) is 2.98. The first-order chi connectivity index (χ1) is 13.2. The number of methoxy groups -OCH3 is 2. The minimum atomic E-state index is 0.662. The lowest BCUT2D eigenvalue weighted by molar-refractivity contribution is 0.109. The fraction of sp³-hybridized carbons (Fsp3) is 0.381. The average Bonchev–Trinajstić information content (AvgIpc) is 2.70. The van der Waals surface area contributed by atoms with Crippen molar-refractivity contribution < 1.29 is 9.47 Å². The summed E-state index contributed by atoms with van der Waals surface area (Å²) in [6, 6.07) is 10.2. The first kappa shape index (κ1) is 19.4. The van der Waals surface area contributed by atoms with Gasteiger partial charge in [0.15, 0.2) is 0 Å². The monoisotopic (exact) mass is 366 g/mol. The van der Waals surface area contributed by atoms with Crippen LogP contribution in [0, 0.1) is 6.92 Å². The van der Waals surface area contributed by atoms with Crippen molar-refractivity contribution in [2.75, 3.05) is 40.5 Å². The normalized spacial score (nSPS) is 11.4. The van der Waals surface area contributed by atoms with Crippen LogP contribution in [0.15, 0.2) is 42.7 Å². The zero-order valence-corrected chi connectivity index (χ0v) is 16.2. The van der Waals surface area contributed by atoms with E-state index in [1.54, 1.807) is 14.2 Å². The van der Waals surface area contributed by atoms with Gasteiger partial charge in [-0.3, -0.25) is 9.88 Å². The molecule has 2 heterocycles. The molecule has 0 fully saturated rings. The Morgan fingerprint density at radius 3 is 2.48 bits per heavy atom. The van der Waals surface area contributed by atoms with Crippen molar-refractivity contribution in [1.29, 1.82) is 0 Å². The number of rotatable bonds is 9. The summed E-state index contributed by atoms with van der Waals surface area (Å²) in [5.74, 6) is 0.796. The highest BCUT2D eigenvalue weighted by molar-refractivity contribution is 5.83. The molecule has 0 saturated heterocycles. The molecular formula is C21H26N4O2. The number of aromatic nitrogens is 3. The lowest BCUT2D eigenvalue weighted by Crippen LogP contribution is -2.31. The van der Waals surface area contributed by atoms with E-state index < -0.39 is 0 Å². The van der Waals surface area contributed by atoms with Gasteiger partial charge in [0.05, 0.1) is 31.0 Å². The number of ether oxygens (including phenoxy) is 2. The summed E-state index contributed by atoms with van der Waals surface area (Å²) in [7, 11) is 3.42. The molecule has 0 N–H and O–H groups in total. The van der Waals surface area contributed by atoms with Crippen LogP contribution in [-0.2, 0) is 16.0 Å². The van der Waals surface area contributed by atoms with Crippen molar-refractivity contribution in [3.05, 3.63) is 54.1 Å². The second kappa shape index (κ2) is 9.50. The zero-order valence-electron chi connectivity index (χ0n) is 16.2. The summed E-state index contributed by atoms with van der Waals surface area (Å²) >= 11 is 0. The molecule has 142 valence electrons. The second-order valence-electron chi connectivity index (χ2n) is 6.49. The molecule has 0 saturated carbocycles. The van der Waals surface area contributed by atoms with Gasteiger partial charge in [0, 0.05) is 50.7 Å². The number of hydrogen-bond acceptors (Lipinski definition) is 6. The minimum absolute atomic E-state index is 0.662. The van der Waals surface area contributed by atoms with E-state index in [2.05, 4.69) is 46.1 Å². The van der Waals surface area contributed by atoms with Crippen LogP contribution in [0.5, 0.6) is 0 Å². The summed E-state index contributed by atoms with van der Waals surface area (Å²) in [4.78, 5) is 16.1. The maximum Gasteiger partial charge on any atom is 0.142 e. The van der Waals surface area contributed by atoms with Crippen molar-refractivity contribution >= 4 is 10.9 Å². The van der Waals surface area contributed by atoms with Crippen molar-refractivity contribution in [2.45, 2.75) is 13.5 Å². The highest BCUT2D eigenvalue weighted by Gasteiger charge is 2.10. The van der Waals surface area contributed by atoms with Crippen LogP contribution in [0.1, 0.15) is 11.4 Å². The van der Waals surface area contributed by atoms with Gasteiger partial charge in [-0.1, -0.05) is 18.2 Å². The van der Waals surface area contributed by atoms with E-state index in [9.17, 15) is 0 Å². The number of nitrogens with zero attached hydrogens (tertiary/aromatic N) is 4. The van der Waals surface area contributed by atoms with Gasteiger partial charge in [-0.2, -0.15) is 0 Å². The molecule has 0 bridgehead atoms. The largest absolute Gasteiger partial charge is 0.383 e. The molecule has 0 spiro atoms. The predicted molar refractivity (Wildman–Crippen MR) is 107 cm³/mol.